The van der Waals surface area contributed by atoms with Crippen LogP contribution in [0.25, 0.3) is 0 Å². The van der Waals surface area contributed by atoms with Gasteiger partial charge in [0.05, 0.1) is 6.42 Å². The smallest absolute Gasteiger partial charge is 0.206 e. The molecule has 0 aliphatic heterocycles. The van der Waals surface area contributed by atoms with Gasteiger partial charge in [0, 0.05) is 12.0 Å². The van der Waals surface area contributed by atoms with Gasteiger partial charge in [-0.3, -0.25) is 14.7 Å². The molecule has 2 aromatic carbocycles. The van der Waals surface area contributed by atoms with Gasteiger partial charge in [-0.1, -0.05) is 30.3 Å². The normalized spacial score (nSPS) is 10.5. The predicted molar refractivity (Wildman–Crippen MR) is 91.2 cm³/mol. The molecule has 0 saturated heterocycles. The Morgan fingerprint density at radius 2 is 1.85 bits per heavy atom. The summed E-state index contributed by atoms with van der Waals surface area (Å²) in [6.45, 7) is 0.252. The minimum Gasteiger partial charge on any atom is -0.489 e. The Kier molecular flexibility index (Phi) is 5.48. The number of benzene rings is 2. The summed E-state index contributed by atoms with van der Waals surface area (Å²) in [4.78, 5) is 27.9. The number of nitrogens with zero attached hydrogens (tertiary/aromatic N) is 2. The molecule has 0 spiro atoms. The number of nitrogens with one attached hydrogen (secondary N) is 1. The zero-order valence-corrected chi connectivity index (χ0v) is 13.8. The second-order valence-corrected chi connectivity index (χ2v) is 5.67. The van der Waals surface area contributed by atoms with Crippen LogP contribution in [-0.2, 0) is 17.8 Å². The number of halogens is 1. The van der Waals surface area contributed by atoms with Crippen molar-refractivity contribution in [2.75, 3.05) is 0 Å². The number of aromatic nitrogens is 3. The molecule has 0 bridgehead atoms. The van der Waals surface area contributed by atoms with E-state index in [1.165, 1.54) is 18.5 Å². The molecule has 0 fully saturated rings. The predicted octanol–water partition coefficient (Wildman–Crippen LogP) is 2.91. The first-order valence-corrected chi connectivity index (χ1v) is 7.97. The largest absolute Gasteiger partial charge is 0.489 e. The van der Waals surface area contributed by atoms with Gasteiger partial charge in [-0.2, -0.15) is 5.10 Å². The number of H-pyrrole nitrogens is 1. The van der Waals surface area contributed by atoms with Crippen LogP contribution >= 0.6 is 0 Å². The van der Waals surface area contributed by atoms with Gasteiger partial charge < -0.3 is 4.74 Å². The molecule has 0 amide bonds. The number of ether oxygens (including phenoxy) is 1. The highest BCUT2D eigenvalue weighted by atomic mass is 19.1. The van der Waals surface area contributed by atoms with Crippen molar-refractivity contribution in [2.24, 2.45) is 0 Å². The lowest BCUT2D eigenvalue weighted by atomic mass is 10.0. The second-order valence-electron chi connectivity index (χ2n) is 5.67. The van der Waals surface area contributed by atoms with E-state index in [0.29, 0.717) is 11.3 Å². The minimum atomic E-state index is -0.405. The molecule has 0 saturated carbocycles. The molecule has 0 radical (unpaired) electrons. The summed E-state index contributed by atoms with van der Waals surface area (Å²) >= 11 is 0. The minimum absolute atomic E-state index is 0.0687. The number of ketones is 2. The van der Waals surface area contributed by atoms with Gasteiger partial charge in [-0.25, -0.2) is 9.37 Å². The quantitative estimate of drug-likeness (QED) is 0.497. The van der Waals surface area contributed by atoms with Crippen molar-refractivity contribution in [3.8, 4) is 5.75 Å². The Hall–Kier alpha value is -3.35. The van der Waals surface area contributed by atoms with E-state index in [0.717, 1.165) is 5.56 Å². The average molecular weight is 353 g/mol. The molecule has 3 rings (SSSR count). The van der Waals surface area contributed by atoms with Gasteiger partial charge in [-0.15, -0.1) is 0 Å². The first kappa shape index (κ1) is 17.5. The van der Waals surface area contributed by atoms with Crippen molar-refractivity contribution < 1.29 is 18.7 Å². The van der Waals surface area contributed by atoms with Crippen LogP contribution in [0.1, 0.15) is 28.2 Å². The van der Waals surface area contributed by atoms with E-state index in [-0.39, 0.29) is 36.9 Å². The summed E-state index contributed by atoms with van der Waals surface area (Å²) in [5.41, 5.74) is 1.50. The molecule has 1 heterocycles. The van der Waals surface area contributed by atoms with Gasteiger partial charge in [0.1, 0.15) is 30.3 Å². The van der Waals surface area contributed by atoms with Crippen LogP contribution in [0.4, 0.5) is 4.39 Å². The van der Waals surface area contributed by atoms with E-state index in [2.05, 4.69) is 15.2 Å². The van der Waals surface area contributed by atoms with E-state index in [1.807, 2.05) is 0 Å². The third-order valence-corrected chi connectivity index (χ3v) is 3.70. The monoisotopic (exact) mass is 353 g/mol. The lowest BCUT2D eigenvalue weighted by Crippen LogP contribution is -2.12. The van der Waals surface area contributed by atoms with Crippen molar-refractivity contribution in [3.05, 3.63) is 77.6 Å². The molecule has 0 unspecified atom stereocenters. The number of hydrogen-bond donors (Lipinski definition) is 1. The van der Waals surface area contributed by atoms with E-state index in [9.17, 15) is 14.0 Å². The third-order valence-electron chi connectivity index (χ3n) is 3.70. The van der Waals surface area contributed by atoms with Crippen molar-refractivity contribution in [1.82, 2.24) is 15.2 Å². The maximum absolute atomic E-state index is 12.9. The Morgan fingerprint density at radius 1 is 1.08 bits per heavy atom. The van der Waals surface area contributed by atoms with Crippen LogP contribution in [0.15, 0.2) is 54.9 Å². The Labute approximate surface area is 149 Å². The van der Waals surface area contributed by atoms with Crippen molar-refractivity contribution in [3.63, 3.8) is 0 Å². The lowest BCUT2D eigenvalue weighted by molar-refractivity contribution is -0.117. The van der Waals surface area contributed by atoms with Crippen LogP contribution in [0.2, 0.25) is 0 Å². The molecular formula is C19H16FN3O3. The topological polar surface area (TPSA) is 84.9 Å². The van der Waals surface area contributed by atoms with Crippen LogP contribution in [0.5, 0.6) is 5.75 Å². The number of carbonyl (C=O) groups is 2. The Morgan fingerprint density at radius 3 is 2.58 bits per heavy atom. The van der Waals surface area contributed by atoms with E-state index >= 15 is 0 Å². The second kappa shape index (κ2) is 8.15. The van der Waals surface area contributed by atoms with Gasteiger partial charge in [0.15, 0.2) is 5.82 Å². The van der Waals surface area contributed by atoms with Crippen molar-refractivity contribution in [2.45, 2.75) is 19.4 Å². The van der Waals surface area contributed by atoms with E-state index in [4.69, 9.17) is 4.74 Å². The molecular weight excluding hydrogens is 337 g/mol. The van der Waals surface area contributed by atoms with Crippen LogP contribution in [0, 0.1) is 5.82 Å². The van der Waals surface area contributed by atoms with E-state index < -0.39 is 5.78 Å². The maximum Gasteiger partial charge on any atom is 0.206 e. The summed E-state index contributed by atoms with van der Waals surface area (Å²) in [6.07, 6.45) is 1.03. The Balaban J connectivity index is 1.62. The number of Topliss-reactive ketones (excluding diaryl/α,β-unsaturated/α-hetero) is 2. The van der Waals surface area contributed by atoms with Gasteiger partial charge in [-0.05, 0) is 23.8 Å². The Bertz CT molecular complexity index is 893. The number of aromatic amines is 1. The number of hydrogen-bond acceptors (Lipinski definition) is 5. The molecule has 1 aromatic heterocycles. The summed E-state index contributed by atoms with van der Waals surface area (Å²) in [6, 6.07) is 13.1. The molecule has 0 aliphatic carbocycles. The van der Waals surface area contributed by atoms with Crippen molar-refractivity contribution in [1.29, 1.82) is 0 Å². The van der Waals surface area contributed by atoms with Crippen LogP contribution < -0.4 is 4.74 Å². The van der Waals surface area contributed by atoms with Gasteiger partial charge >= 0.3 is 0 Å². The third kappa shape index (κ3) is 4.60. The highest BCUT2D eigenvalue weighted by Gasteiger charge is 2.16. The highest BCUT2D eigenvalue weighted by molar-refractivity contribution is 6.06. The summed E-state index contributed by atoms with van der Waals surface area (Å²) in [5, 5.41) is 6.04. The van der Waals surface area contributed by atoms with Crippen LogP contribution in [0.3, 0.4) is 0 Å². The van der Waals surface area contributed by atoms with Crippen LogP contribution in [-0.4, -0.2) is 26.7 Å². The molecule has 3 aromatic rings. The number of carbonyl (C=O) groups excluding carboxylic acids is 2. The van der Waals surface area contributed by atoms with Gasteiger partial charge in [0.25, 0.3) is 0 Å². The number of rotatable bonds is 8. The molecule has 1 N–H and O–H groups in total. The SMILES string of the molecule is O=C(CC(=O)c1ncn[nH]1)Cc1ccccc1OCc1ccc(F)cc1. The summed E-state index contributed by atoms with van der Waals surface area (Å²) in [7, 11) is 0. The van der Waals surface area contributed by atoms with E-state index in [1.54, 1.807) is 36.4 Å². The lowest BCUT2D eigenvalue weighted by Gasteiger charge is -2.11. The summed E-state index contributed by atoms with van der Waals surface area (Å²) in [5.74, 6) is -0.339. The fourth-order valence-corrected chi connectivity index (χ4v) is 2.41. The first-order chi connectivity index (χ1) is 12.6. The molecule has 0 atom stereocenters. The molecule has 7 heteroatoms. The molecule has 6 nitrogen and oxygen atoms in total. The average Bonchev–Trinajstić information content (AvgIpc) is 3.17. The van der Waals surface area contributed by atoms with Crippen molar-refractivity contribution >= 4 is 11.6 Å². The fourth-order valence-electron chi connectivity index (χ4n) is 2.41. The number of para-hydroxylation sites is 1. The molecule has 132 valence electrons. The summed E-state index contributed by atoms with van der Waals surface area (Å²) < 4.78 is 18.7. The molecule has 0 aliphatic rings. The van der Waals surface area contributed by atoms with Gasteiger partial charge in [0.2, 0.25) is 5.78 Å². The molecule has 26 heavy (non-hydrogen) atoms. The standard InChI is InChI=1S/C19H16FN3O3/c20-15-7-5-13(6-8-15)11-26-18-4-2-1-3-14(18)9-16(24)10-17(25)19-21-12-22-23-19/h1-8,12H,9-11H2,(H,21,22,23). The zero-order valence-electron chi connectivity index (χ0n) is 13.8. The fraction of sp³-hybridized carbons (Fsp3) is 0.158. The zero-order chi connectivity index (χ0) is 18.4. The maximum atomic E-state index is 12.9. The highest BCUT2D eigenvalue weighted by Crippen LogP contribution is 2.21. The first-order valence-electron chi connectivity index (χ1n) is 7.97.